The zero-order chi connectivity index (χ0) is 18.6. The number of nitrogens with one attached hydrogen (secondary N) is 2. The number of carbonyl (C=O) groups is 1. The van der Waals surface area contributed by atoms with Gasteiger partial charge in [-0.05, 0) is 49.2 Å². The Bertz CT molecular complexity index is 898. The number of hydrogen-bond donors (Lipinski definition) is 3. The molecule has 0 aliphatic rings. The van der Waals surface area contributed by atoms with E-state index in [0.717, 1.165) is 5.56 Å². The largest absolute Gasteiger partial charge is 0.506 e. The number of sulfonamides is 1. The van der Waals surface area contributed by atoms with Gasteiger partial charge >= 0.3 is 0 Å². The first-order valence-corrected chi connectivity index (χ1v) is 9.82. The standard InChI is InChI=1S/C17H19BrN2O4S/c1-11-3-4-12(2)16(9-11)25(23,24)19-8-7-17(22)20-14-6-5-13(18)10-15(14)21/h3-6,9-10,19,21H,7-8H2,1-2H3,(H,20,22). The van der Waals surface area contributed by atoms with E-state index in [1.165, 1.54) is 6.07 Å². The Labute approximate surface area is 155 Å². The minimum Gasteiger partial charge on any atom is -0.506 e. The molecule has 0 heterocycles. The number of hydrogen-bond acceptors (Lipinski definition) is 4. The van der Waals surface area contributed by atoms with E-state index in [2.05, 4.69) is 26.0 Å². The lowest BCUT2D eigenvalue weighted by Gasteiger charge is -2.11. The molecule has 2 aromatic rings. The van der Waals surface area contributed by atoms with Crippen molar-refractivity contribution in [1.29, 1.82) is 0 Å². The molecule has 2 aromatic carbocycles. The quantitative estimate of drug-likeness (QED) is 0.618. The van der Waals surface area contributed by atoms with Crippen molar-refractivity contribution < 1.29 is 18.3 Å². The van der Waals surface area contributed by atoms with Crippen LogP contribution in [0.1, 0.15) is 17.5 Å². The third kappa shape index (κ3) is 5.29. The maximum Gasteiger partial charge on any atom is 0.240 e. The number of halogens is 1. The smallest absolute Gasteiger partial charge is 0.240 e. The average molecular weight is 427 g/mol. The van der Waals surface area contributed by atoms with Crippen LogP contribution >= 0.6 is 15.9 Å². The lowest BCUT2D eigenvalue weighted by atomic mass is 10.2. The van der Waals surface area contributed by atoms with Gasteiger partial charge < -0.3 is 10.4 Å². The topological polar surface area (TPSA) is 95.5 Å². The van der Waals surface area contributed by atoms with Crippen molar-refractivity contribution in [3.05, 3.63) is 52.0 Å². The summed E-state index contributed by atoms with van der Waals surface area (Å²) >= 11 is 3.21. The van der Waals surface area contributed by atoms with Crippen LogP contribution in [0.25, 0.3) is 0 Å². The van der Waals surface area contributed by atoms with Crippen LogP contribution in [-0.2, 0) is 14.8 Å². The number of carbonyl (C=O) groups excluding carboxylic acids is 1. The van der Waals surface area contributed by atoms with E-state index in [4.69, 9.17) is 0 Å². The number of benzene rings is 2. The van der Waals surface area contributed by atoms with E-state index < -0.39 is 15.9 Å². The maximum atomic E-state index is 12.3. The van der Waals surface area contributed by atoms with Crippen LogP contribution in [-0.4, -0.2) is 26.0 Å². The van der Waals surface area contributed by atoms with Crippen LogP contribution in [0, 0.1) is 13.8 Å². The molecule has 25 heavy (non-hydrogen) atoms. The van der Waals surface area contributed by atoms with Gasteiger partial charge in [-0.3, -0.25) is 4.79 Å². The fourth-order valence-corrected chi connectivity index (χ4v) is 3.90. The first kappa shape index (κ1) is 19.4. The molecule has 1 amide bonds. The average Bonchev–Trinajstić information content (AvgIpc) is 2.52. The molecule has 0 bridgehead atoms. The molecule has 134 valence electrons. The predicted octanol–water partition coefficient (Wildman–Crippen LogP) is 3.08. The lowest BCUT2D eigenvalue weighted by Crippen LogP contribution is -2.28. The highest BCUT2D eigenvalue weighted by Crippen LogP contribution is 2.26. The van der Waals surface area contributed by atoms with Gasteiger partial charge in [-0.1, -0.05) is 28.1 Å². The predicted molar refractivity (Wildman–Crippen MR) is 100 cm³/mol. The Morgan fingerprint density at radius 2 is 1.88 bits per heavy atom. The van der Waals surface area contributed by atoms with Crippen molar-refractivity contribution in [3.8, 4) is 5.75 Å². The number of amides is 1. The molecule has 6 nitrogen and oxygen atoms in total. The van der Waals surface area contributed by atoms with Crippen molar-refractivity contribution in [2.45, 2.75) is 25.2 Å². The molecular weight excluding hydrogens is 408 g/mol. The molecule has 0 unspecified atom stereocenters. The second kappa shape index (κ2) is 7.99. The molecule has 0 fully saturated rings. The van der Waals surface area contributed by atoms with Crippen LogP contribution < -0.4 is 10.0 Å². The van der Waals surface area contributed by atoms with E-state index in [-0.39, 0.29) is 29.3 Å². The van der Waals surface area contributed by atoms with Crippen molar-refractivity contribution in [3.63, 3.8) is 0 Å². The monoisotopic (exact) mass is 426 g/mol. The molecule has 8 heteroatoms. The van der Waals surface area contributed by atoms with E-state index >= 15 is 0 Å². The summed E-state index contributed by atoms with van der Waals surface area (Å²) in [6.07, 6.45) is -0.0560. The molecule has 0 radical (unpaired) electrons. The highest BCUT2D eigenvalue weighted by molar-refractivity contribution is 9.10. The first-order valence-electron chi connectivity index (χ1n) is 7.54. The van der Waals surface area contributed by atoms with Gasteiger partial charge in [-0.2, -0.15) is 0 Å². The Balaban J connectivity index is 1.95. The molecular formula is C17H19BrN2O4S. The number of aryl methyl sites for hydroxylation is 2. The normalized spacial score (nSPS) is 11.3. The molecule has 0 atom stereocenters. The number of anilines is 1. The lowest BCUT2D eigenvalue weighted by molar-refractivity contribution is -0.116. The van der Waals surface area contributed by atoms with Gasteiger partial charge in [0.15, 0.2) is 0 Å². The molecule has 0 aliphatic heterocycles. The van der Waals surface area contributed by atoms with Gasteiger partial charge in [-0.15, -0.1) is 0 Å². The van der Waals surface area contributed by atoms with Gasteiger partial charge in [0.1, 0.15) is 5.75 Å². The zero-order valence-electron chi connectivity index (χ0n) is 13.8. The van der Waals surface area contributed by atoms with Crippen molar-refractivity contribution in [2.75, 3.05) is 11.9 Å². The minimum absolute atomic E-state index is 0.0428. The molecule has 0 spiro atoms. The summed E-state index contributed by atoms with van der Waals surface area (Å²) in [6, 6.07) is 9.87. The second-order valence-corrected chi connectivity index (χ2v) is 8.28. The van der Waals surface area contributed by atoms with Gasteiger partial charge in [0.25, 0.3) is 0 Å². The molecule has 2 rings (SSSR count). The summed E-state index contributed by atoms with van der Waals surface area (Å²) in [5.41, 5.74) is 1.75. The van der Waals surface area contributed by atoms with E-state index in [0.29, 0.717) is 10.0 Å². The Hall–Kier alpha value is -1.90. The van der Waals surface area contributed by atoms with Crippen LogP contribution in [0.5, 0.6) is 5.75 Å². The fourth-order valence-electron chi connectivity index (χ4n) is 2.20. The van der Waals surface area contributed by atoms with E-state index in [1.807, 2.05) is 13.0 Å². The Morgan fingerprint density at radius 3 is 2.56 bits per heavy atom. The zero-order valence-corrected chi connectivity index (χ0v) is 16.2. The van der Waals surface area contributed by atoms with Crippen molar-refractivity contribution >= 4 is 37.5 Å². The Kier molecular flexibility index (Phi) is 6.21. The summed E-state index contributed by atoms with van der Waals surface area (Å²) in [7, 11) is -3.68. The summed E-state index contributed by atoms with van der Waals surface area (Å²) in [4.78, 5) is 12.1. The third-order valence-corrected chi connectivity index (χ3v) is 5.61. The molecule has 3 N–H and O–H groups in total. The van der Waals surface area contributed by atoms with Crippen molar-refractivity contribution in [2.24, 2.45) is 0 Å². The SMILES string of the molecule is Cc1ccc(C)c(S(=O)(=O)NCCC(=O)Nc2ccc(Br)cc2O)c1. The van der Waals surface area contributed by atoms with Crippen LogP contribution in [0.4, 0.5) is 5.69 Å². The highest BCUT2D eigenvalue weighted by Gasteiger charge is 2.17. The second-order valence-electron chi connectivity index (χ2n) is 5.63. The molecule has 0 aliphatic carbocycles. The molecule has 0 aromatic heterocycles. The molecule has 0 saturated heterocycles. The number of rotatable bonds is 6. The van der Waals surface area contributed by atoms with Crippen LogP contribution in [0.15, 0.2) is 45.8 Å². The molecule has 0 saturated carbocycles. The number of phenols is 1. The van der Waals surface area contributed by atoms with Crippen LogP contribution in [0.2, 0.25) is 0 Å². The van der Waals surface area contributed by atoms with Crippen molar-refractivity contribution in [1.82, 2.24) is 4.72 Å². The van der Waals surface area contributed by atoms with E-state index in [9.17, 15) is 18.3 Å². The third-order valence-electron chi connectivity index (χ3n) is 3.51. The highest BCUT2D eigenvalue weighted by atomic mass is 79.9. The van der Waals surface area contributed by atoms with E-state index in [1.54, 1.807) is 31.2 Å². The van der Waals surface area contributed by atoms with Crippen LogP contribution in [0.3, 0.4) is 0 Å². The van der Waals surface area contributed by atoms with Gasteiger partial charge in [0.05, 0.1) is 10.6 Å². The minimum atomic E-state index is -3.68. The maximum absolute atomic E-state index is 12.3. The number of aromatic hydroxyl groups is 1. The fraction of sp³-hybridized carbons (Fsp3) is 0.235. The van der Waals surface area contributed by atoms with Gasteiger partial charge in [-0.25, -0.2) is 13.1 Å². The van der Waals surface area contributed by atoms with Gasteiger partial charge in [0, 0.05) is 17.4 Å². The summed E-state index contributed by atoms with van der Waals surface area (Å²) in [6.45, 7) is 3.49. The number of phenolic OH excluding ortho intramolecular Hbond substituents is 1. The Morgan fingerprint density at radius 1 is 1.16 bits per heavy atom. The summed E-state index contributed by atoms with van der Waals surface area (Å²) < 4.78 is 27.8. The van der Waals surface area contributed by atoms with Gasteiger partial charge in [0.2, 0.25) is 15.9 Å². The first-order chi connectivity index (χ1) is 11.7. The summed E-state index contributed by atoms with van der Waals surface area (Å²) in [5, 5.41) is 12.3. The summed E-state index contributed by atoms with van der Waals surface area (Å²) in [5.74, 6) is -0.472.